The Bertz CT molecular complexity index is 272. The van der Waals surface area contributed by atoms with Gasteiger partial charge in [-0.15, -0.1) is 0 Å². The van der Waals surface area contributed by atoms with E-state index in [0.29, 0.717) is 6.61 Å². The number of hydrogen-bond donors (Lipinski definition) is 1. The van der Waals surface area contributed by atoms with Gasteiger partial charge in [-0.05, 0) is 13.8 Å². The Labute approximate surface area is 93.5 Å². The van der Waals surface area contributed by atoms with Crippen molar-refractivity contribution in [1.82, 2.24) is 0 Å². The molecule has 0 aromatic rings. The topological polar surface area (TPSA) is 82.1 Å². The Morgan fingerprint density at radius 1 is 1.44 bits per heavy atom. The number of carboxylic acids is 1. The number of carbonyl (C=O) groups excluding carboxylic acids is 1. The minimum Gasteiger partial charge on any atom is -0.481 e. The Balaban J connectivity index is 2.15. The molecule has 0 aliphatic carbocycles. The summed E-state index contributed by atoms with van der Waals surface area (Å²) < 4.78 is 15.5. The fraction of sp³-hybridized carbons (Fsp3) is 0.800. The van der Waals surface area contributed by atoms with Crippen LogP contribution in [0.5, 0.6) is 0 Å². The average Bonchev–Trinajstić information content (AvgIpc) is 2.52. The standard InChI is InChI=1S/C10H16O6/c1-10(2)15-6-7(16-10)5-14-9(13)4-3-8(11)12/h7H,3-6H2,1-2H3,(H,11,12). The van der Waals surface area contributed by atoms with Crippen LogP contribution in [-0.2, 0) is 23.8 Å². The van der Waals surface area contributed by atoms with Gasteiger partial charge in [0.2, 0.25) is 0 Å². The number of carbonyl (C=O) groups is 2. The quantitative estimate of drug-likeness (QED) is 0.697. The van der Waals surface area contributed by atoms with Crippen molar-refractivity contribution in [2.45, 2.75) is 38.6 Å². The van der Waals surface area contributed by atoms with Gasteiger partial charge in [0.05, 0.1) is 19.4 Å². The summed E-state index contributed by atoms with van der Waals surface area (Å²) in [6.45, 7) is 4.03. The monoisotopic (exact) mass is 232 g/mol. The van der Waals surface area contributed by atoms with Crippen molar-refractivity contribution in [2.75, 3.05) is 13.2 Å². The molecule has 1 unspecified atom stereocenters. The molecule has 0 saturated carbocycles. The highest BCUT2D eigenvalue weighted by Crippen LogP contribution is 2.22. The van der Waals surface area contributed by atoms with Crippen LogP contribution in [0, 0.1) is 0 Å². The highest BCUT2D eigenvalue weighted by atomic mass is 16.7. The molecule has 1 atom stereocenters. The molecule has 0 radical (unpaired) electrons. The molecule has 92 valence electrons. The Kier molecular flexibility index (Phi) is 4.26. The predicted octanol–water partition coefficient (Wildman–Crippen LogP) is 0.546. The van der Waals surface area contributed by atoms with Crippen LogP contribution in [0.3, 0.4) is 0 Å². The fourth-order valence-electron chi connectivity index (χ4n) is 1.31. The number of carboxylic acid groups (broad SMARTS) is 1. The lowest BCUT2D eigenvalue weighted by molar-refractivity contribution is -0.159. The maximum atomic E-state index is 11.1. The van der Waals surface area contributed by atoms with E-state index in [0.717, 1.165) is 0 Å². The molecule has 0 spiro atoms. The molecule has 0 aromatic heterocycles. The summed E-state index contributed by atoms with van der Waals surface area (Å²) in [4.78, 5) is 21.3. The van der Waals surface area contributed by atoms with Gasteiger partial charge < -0.3 is 19.3 Å². The highest BCUT2D eigenvalue weighted by molar-refractivity contribution is 5.76. The molecule has 1 fully saturated rings. The molecule has 1 heterocycles. The van der Waals surface area contributed by atoms with Crippen molar-refractivity contribution in [3.05, 3.63) is 0 Å². The third kappa shape index (κ3) is 4.59. The summed E-state index contributed by atoms with van der Waals surface area (Å²) in [5.41, 5.74) is 0. The first-order chi connectivity index (χ1) is 7.39. The van der Waals surface area contributed by atoms with Crippen LogP contribution < -0.4 is 0 Å². The number of aliphatic carboxylic acids is 1. The lowest BCUT2D eigenvalue weighted by atomic mass is 10.3. The van der Waals surface area contributed by atoms with Crippen LogP contribution in [0.25, 0.3) is 0 Å². The molecule has 1 saturated heterocycles. The van der Waals surface area contributed by atoms with Crippen molar-refractivity contribution in [2.24, 2.45) is 0 Å². The average molecular weight is 232 g/mol. The van der Waals surface area contributed by atoms with Crippen molar-refractivity contribution in [3.8, 4) is 0 Å². The first-order valence-electron chi connectivity index (χ1n) is 5.08. The molecular formula is C10H16O6. The highest BCUT2D eigenvalue weighted by Gasteiger charge is 2.33. The van der Waals surface area contributed by atoms with Gasteiger partial charge in [0, 0.05) is 0 Å². The van der Waals surface area contributed by atoms with E-state index in [1.165, 1.54) is 0 Å². The van der Waals surface area contributed by atoms with Crippen LogP contribution >= 0.6 is 0 Å². The van der Waals surface area contributed by atoms with E-state index in [4.69, 9.17) is 19.3 Å². The molecule has 6 heteroatoms. The Hall–Kier alpha value is -1.14. The summed E-state index contributed by atoms with van der Waals surface area (Å²) >= 11 is 0. The molecule has 0 aromatic carbocycles. The summed E-state index contributed by atoms with van der Waals surface area (Å²) in [7, 11) is 0. The number of esters is 1. The normalized spacial score (nSPS) is 23.0. The first kappa shape index (κ1) is 12.9. The molecule has 1 aliphatic rings. The van der Waals surface area contributed by atoms with Gasteiger partial charge in [-0.2, -0.15) is 0 Å². The van der Waals surface area contributed by atoms with Crippen molar-refractivity contribution >= 4 is 11.9 Å². The number of hydrogen-bond acceptors (Lipinski definition) is 5. The first-order valence-corrected chi connectivity index (χ1v) is 5.08. The van der Waals surface area contributed by atoms with Crippen LogP contribution in [0.1, 0.15) is 26.7 Å². The largest absolute Gasteiger partial charge is 0.481 e. The van der Waals surface area contributed by atoms with E-state index in [2.05, 4.69) is 0 Å². The van der Waals surface area contributed by atoms with Gasteiger partial charge in [-0.25, -0.2) is 0 Å². The Morgan fingerprint density at radius 2 is 2.12 bits per heavy atom. The van der Waals surface area contributed by atoms with Gasteiger partial charge in [0.25, 0.3) is 0 Å². The van der Waals surface area contributed by atoms with E-state index >= 15 is 0 Å². The van der Waals surface area contributed by atoms with Crippen LogP contribution in [0.15, 0.2) is 0 Å². The SMILES string of the molecule is CC1(C)OCC(COC(=O)CCC(=O)O)O1. The van der Waals surface area contributed by atoms with Gasteiger partial charge >= 0.3 is 11.9 Å². The molecule has 6 nitrogen and oxygen atoms in total. The summed E-state index contributed by atoms with van der Waals surface area (Å²) in [5.74, 6) is -2.19. The molecule has 0 bridgehead atoms. The lowest BCUT2D eigenvalue weighted by Crippen LogP contribution is -2.25. The minimum absolute atomic E-state index is 0.0991. The van der Waals surface area contributed by atoms with Gasteiger partial charge in [-0.1, -0.05) is 0 Å². The molecule has 1 rings (SSSR count). The van der Waals surface area contributed by atoms with Crippen molar-refractivity contribution < 1.29 is 28.9 Å². The summed E-state index contributed by atoms with van der Waals surface area (Å²) in [5, 5.41) is 8.36. The van der Waals surface area contributed by atoms with E-state index < -0.39 is 17.7 Å². The second kappa shape index (κ2) is 5.27. The molecular weight excluding hydrogens is 216 g/mol. The molecule has 16 heavy (non-hydrogen) atoms. The van der Waals surface area contributed by atoms with E-state index in [-0.39, 0.29) is 25.6 Å². The zero-order valence-corrected chi connectivity index (χ0v) is 9.39. The lowest BCUT2D eigenvalue weighted by Gasteiger charge is -2.16. The maximum Gasteiger partial charge on any atom is 0.306 e. The van der Waals surface area contributed by atoms with Gasteiger partial charge in [-0.3, -0.25) is 9.59 Å². The van der Waals surface area contributed by atoms with Crippen LogP contribution in [0.2, 0.25) is 0 Å². The number of ether oxygens (including phenoxy) is 3. The Morgan fingerprint density at radius 3 is 2.62 bits per heavy atom. The smallest absolute Gasteiger partial charge is 0.306 e. The van der Waals surface area contributed by atoms with Gasteiger partial charge in [0.1, 0.15) is 12.7 Å². The van der Waals surface area contributed by atoms with Crippen LogP contribution in [-0.4, -0.2) is 42.1 Å². The van der Waals surface area contributed by atoms with Gasteiger partial charge in [0.15, 0.2) is 5.79 Å². The van der Waals surface area contributed by atoms with E-state index in [1.807, 2.05) is 0 Å². The predicted molar refractivity (Wildman–Crippen MR) is 52.7 cm³/mol. The third-order valence-electron chi connectivity index (χ3n) is 2.04. The third-order valence-corrected chi connectivity index (χ3v) is 2.04. The van der Waals surface area contributed by atoms with Crippen LogP contribution in [0.4, 0.5) is 0 Å². The van der Waals surface area contributed by atoms with Crippen molar-refractivity contribution in [1.29, 1.82) is 0 Å². The number of rotatable bonds is 5. The zero-order chi connectivity index (χ0) is 12.2. The molecule has 0 amide bonds. The maximum absolute atomic E-state index is 11.1. The fourth-order valence-corrected chi connectivity index (χ4v) is 1.31. The molecule has 1 aliphatic heterocycles. The second-order valence-corrected chi connectivity index (χ2v) is 4.03. The molecule has 1 N–H and O–H groups in total. The summed E-state index contributed by atoms with van der Waals surface area (Å²) in [6, 6.07) is 0. The summed E-state index contributed by atoms with van der Waals surface area (Å²) in [6.07, 6.45) is -0.609. The van der Waals surface area contributed by atoms with Crippen molar-refractivity contribution in [3.63, 3.8) is 0 Å². The van der Waals surface area contributed by atoms with E-state index in [9.17, 15) is 9.59 Å². The second-order valence-electron chi connectivity index (χ2n) is 4.03. The van der Waals surface area contributed by atoms with E-state index in [1.54, 1.807) is 13.8 Å². The minimum atomic E-state index is -1.02. The zero-order valence-electron chi connectivity index (χ0n) is 9.39.